The minimum atomic E-state index is 0.437. The molecule has 0 bridgehead atoms. The molecule has 2 atom stereocenters. The summed E-state index contributed by atoms with van der Waals surface area (Å²) in [7, 11) is 0. The molecule has 3 rings (SSSR count). The average molecular weight is 214 g/mol. The van der Waals surface area contributed by atoms with E-state index in [1.165, 1.54) is 27.7 Å². The lowest BCUT2D eigenvalue weighted by atomic mass is 9.95. The zero-order chi connectivity index (χ0) is 11.3. The Kier molecular flexibility index (Phi) is 2.08. The van der Waals surface area contributed by atoms with Gasteiger partial charge in [0.1, 0.15) is 0 Å². The van der Waals surface area contributed by atoms with Crippen LogP contribution in [-0.2, 0) is 6.42 Å². The molecule has 1 unspecified atom stereocenters. The van der Waals surface area contributed by atoms with Gasteiger partial charge < -0.3 is 10.3 Å². The van der Waals surface area contributed by atoms with Crippen LogP contribution in [0.5, 0.6) is 0 Å². The minimum absolute atomic E-state index is 0.437. The van der Waals surface area contributed by atoms with Crippen LogP contribution in [0.4, 0.5) is 0 Å². The predicted octanol–water partition coefficient (Wildman–Crippen LogP) is 3.07. The fourth-order valence-corrected chi connectivity index (χ4v) is 2.85. The van der Waals surface area contributed by atoms with Gasteiger partial charge in [0.2, 0.25) is 0 Å². The fraction of sp³-hybridized carbons (Fsp3) is 0.429. The van der Waals surface area contributed by atoms with Gasteiger partial charge in [-0.15, -0.1) is 0 Å². The number of nitrogens with one attached hydrogen (secondary N) is 2. The summed E-state index contributed by atoms with van der Waals surface area (Å²) >= 11 is 0. The molecule has 1 aliphatic rings. The molecule has 0 aliphatic carbocycles. The Labute approximate surface area is 96.1 Å². The second-order valence-electron chi connectivity index (χ2n) is 5.06. The lowest BCUT2D eigenvalue weighted by Gasteiger charge is -2.26. The molecule has 0 saturated heterocycles. The van der Waals surface area contributed by atoms with Gasteiger partial charge in [-0.2, -0.15) is 0 Å². The van der Waals surface area contributed by atoms with Gasteiger partial charge in [-0.1, -0.05) is 11.6 Å². The lowest BCUT2D eigenvalue weighted by Crippen LogP contribution is -2.35. The molecule has 2 heteroatoms. The summed E-state index contributed by atoms with van der Waals surface area (Å²) in [6.45, 7) is 6.65. The maximum atomic E-state index is 3.58. The van der Waals surface area contributed by atoms with Crippen molar-refractivity contribution in [3.8, 4) is 0 Å². The first kappa shape index (κ1) is 9.91. The van der Waals surface area contributed by atoms with Crippen LogP contribution in [0.25, 0.3) is 10.9 Å². The number of H-pyrrole nitrogens is 1. The van der Waals surface area contributed by atoms with Gasteiger partial charge in [0.05, 0.1) is 0 Å². The SMILES string of the molecule is Cc1ccc2[nH]c3c(c2c1)CC(C)N[C@@H]3C. The van der Waals surface area contributed by atoms with Crippen LogP contribution >= 0.6 is 0 Å². The van der Waals surface area contributed by atoms with Gasteiger partial charge in [0.25, 0.3) is 0 Å². The highest BCUT2D eigenvalue weighted by molar-refractivity contribution is 5.85. The summed E-state index contributed by atoms with van der Waals surface area (Å²) in [5.74, 6) is 0. The van der Waals surface area contributed by atoms with Gasteiger partial charge in [-0.05, 0) is 44.9 Å². The highest BCUT2D eigenvalue weighted by atomic mass is 15.0. The molecule has 2 nitrogen and oxygen atoms in total. The van der Waals surface area contributed by atoms with E-state index >= 15 is 0 Å². The van der Waals surface area contributed by atoms with Crippen molar-refractivity contribution in [2.75, 3.05) is 0 Å². The topological polar surface area (TPSA) is 27.8 Å². The molecule has 0 radical (unpaired) electrons. The Morgan fingerprint density at radius 3 is 2.88 bits per heavy atom. The van der Waals surface area contributed by atoms with E-state index in [0.29, 0.717) is 12.1 Å². The standard InChI is InChI=1S/C14H18N2/c1-8-4-5-13-11(6-8)12-7-9(2)15-10(3)14(12)16-13/h4-6,9-10,15-16H,7H2,1-3H3/t9?,10-/m1/s1. The molecule has 2 N–H and O–H groups in total. The number of rotatable bonds is 0. The summed E-state index contributed by atoms with van der Waals surface area (Å²) in [6, 6.07) is 7.68. The summed E-state index contributed by atoms with van der Waals surface area (Å²) in [5.41, 5.74) is 5.50. The Morgan fingerprint density at radius 2 is 2.06 bits per heavy atom. The smallest absolute Gasteiger partial charge is 0.0459 e. The second-order valence-corrected chi connectivity index (χ2v) is 5.06. The first-order valence-corrected chi connectivity index (χ1v) is 6.02. The summed E-state index contributed by atoms with van der Waals surface area (Å²) in [5, 5.41) is 4.99. The van der Waals surface area contributed by atoms with E-state index in [1.54, 1.807) is 0 Å². The number of aryl methyl sites for hydroxylation is 1. The van der Waals surface area contributed by atoms with Crippen molar-refractivity contribution in [2.45, 2.75) is 39.3 Å². The van der Waals surface area contributed by atoms with Crippen LogP contribution in [0.15, 0.2) is 18.2 Å². The van der Waals surface area contributed by atoms with Crippen LogP contribution in [0, 0.1) is 6.92 Å². The van der Waals surface area contributed by atoms with Crippen molar-refractivity contribution in [3.05, 3.63) is 35.0 Å². The molecule has 84 valence electrons. The number of fused-ring (bicyclic) bond motifs is 3. The van der Waals surface area contributed by atoms with Crippen molar-refractivity contribution < 1.29 is 0 Å². The molecule has 2 heterocycles. The van der Waals surface area contributed by atoms with E-state index in [-0.39, 0.29) is 0 Å². The van der Waals surface area contributed by atoms with Crippen molar-refractivity contribution in [1.82, 2.24) is 10.3 Å². The maximum absolute atomic E-state index is 3.58. The van der Waals surface area contributed by atoms with Crippen LogP contribution in [-0.4, -0.2) is 11.0 Å². The molecule has 16 heavy (non-hydrogen) atoms. The first-order chi connectivity index (χ1) is 7.65. The molecule has 0 spiro atoms. The largest absolute Gasteiger partial charge is 0.357 e. The molecule has 2 aromatic rings. The number of aromatic nitrogens is 1. The highest BCUT2D eigenvalue weighted by Crippen LogP contribution is 2.31. The molecule has 1 aromatic carbocycles. The van der Waals surface area contributed by atoms with Gasteiger partial charge in [0, 0.05) is 28.7 Å². The van der Waals surface area contributed by atoms with Gasteiger partial charge >= 0.3 is 0 Å². The zero-order valence-corrected chi connectivity index (χ0v) is 10.1. The summed E-state index contributed by atoms with van der Waals surface area (Å²) in [4.78, 5) is 3.55. The Morgan fingerprint density at radius 1 is 1.25 bits per heavy atom. The van der Waals surface area contributed by atoms with Crippen LogP contribution in [0.3, 0.4) is 0 Å². The molecule has 1 aliphatic heterocycles. The molecule has 0 fully saturated rings. The van der Waals surface area contributed by atoms with Gasteiger partial charge in [0.15, 0.2) is 0 Å². The predicted molar refractivity (Wildman–Crippen MR) is 67.8 cm³/mol. The Hall–Kier alpha value is -1.28. The van der Waals surface area contributed by atoms with E-state index < -0.39 is 0 Å². The monoisotopic (exact) mass is 214 g/mol. The number of hydrogen-bond acceptors (Lipinski definition) is 1. The Bertz CT molecular complexity index is 539. The second kappa shape index (κ2) is 3.36. The third-order valence-electron chi connectivity index (χ3n) is 3.57. The van der Waals surface area contributed by atoms with Crippen LogP contribution in [0.1, 0.15) is 36.7 Å². The number of benzene rings is 1. The number of hydrogen-bond donors (Lipinski definition) is 2. The Balaban J connectivity index is 2.27. The van der Waals surface area contributed by atoms with E-state index in [0.717, 1.165) is 6.42 Å². The third-order valence-corrected chi connectivity index (χ3v) is 3.57. The fourth-order valence-electron chi connectivity index (χ4n) is 2.85. The summed E-state index contributed by atoms with van der Waals surface area (Å²) in [6.07, 6.45) is 1.13. The van der Waals surface area contributed by atoms with Gasteiger partial charge in [-0.25, -0.2) is 0 Å². The zero-order valence-electron chi connectivity index (χ0n) is 10.1. The first-order valence-electron chi connectivity index (χ1n) is 6.02. The maximum Gasteiger partial charge on any atom is 0.0459 e. The highest BCUT2D eigenvalue weighted by Gasteiger charge is 2.24. The number of aromatic amines is 1. The van der Waals surface area contributed by atoms with E-state index in [4.69, 9.17) is 0 Å². The lowest BCUT2D eigenvalue weighted by molar-refractivity contribution is 0.441. The van der Waals surface area contributed by atoms with Crippen molar-refractivity contribution in [2.24, 2.45) is 0 Å². The minimum Gasteiger partial charge on any atom is -0.357 e. The molecule has 0 saturated carbocycles. The third kappa shape index (κ3) is 1.37. The van der Waals surface area contributed by atoms with Crippen LogP contribution < -0.4 is 5.32 Å². The van der Waals surface area contributed by atoms with Crippen molar-refractivity contribution in [1.29, 1.82) is 0 Å². The average Bonchev–Trinajstić information content (AvgIpc) is 2.57. The quantitative estimate of drug-likeness (QED) is 0.693. The molecule has 0 amide bonds. The van der Waals surface area contributed by atoms with E-state index in [2.05, 4.69) is 49.3 Å². The van der Waals surface area contributed by atoms with Gasteiger partial charge in [-0.3, -0.25) is 0 Å². The summed E-state index contributed by atoms with van der Waals surface area (Å²) < 4.78 is 0. The van der Waals surface area contributed by atoms with Crippen molar-refractivity contribution in [3.63, 3.8) is 0 Å². The molecule has 1 aromatic heterocycles. The van der Waals surface area contributed by atoms with Crippen molar-refractivity contribution >= 4 is 10.9 Å². The van der Waals surface area contributed by atoms with Crippen LogP contribution in [0.2, 0.25) is 0 Å². The molecular weight excluding hydrogens is 196 g/mol. The van der Waals surface area contributed by atoms with E-state index in [9.17, 15) is 0 Å². The van der Waals surface area contributed by atoms with E-state index in [1.807, 2.05) is 0 Å². The molecular formula is C14H18N2. The normalized spacial score (nSPS) is 24.7.